The Kier molecular flexibility index (Phi) is 4.68. The first-order valence-electron chi connectivity index (χ1n) is 6.76. The summed E-state index contributed by atoms with van der Waals surface area (Å²) >= 11 is 0. The van der Waals surface area contributed by atoms with Crippen LogP contribution in [0.5, 0.6) is 0 Å². The van der Waals surface area contributed by atoms with Gasteiger partial charge in [-0.15, -0.1) is 0 Å². The van der Waals surface area contributed by atoms with E-state index in [1.165, 1.54) is 24.3 Å². The Morgan fingerprint density at radius 3 is 1.43 bits per heavy atom. The molecule has 0 saturated heterocycles. The Hall–Kier alpha value is -2.23. The minimum absolute atomic E-state index is 0.205. The van der Waals surface area contributed by atoms with Crippen LogP contribution in [-0.2, 0) is 4.79 Å². The van der Waals surface area contributed by atoms with Crippen molar-refractivity contribution in [2.45, 2.75) is 25.9 Å². The minimum Gasteiger partial charge on any atom is -0.332 e. The highest BCUT2D eigenvalue weighted by atomic mass is 19.1. The van der Waals surface area contributed by atoms with Crippen molar-refractivity contribution in [2.24, 2.45) is 0 Å². The number of carbonyl (C=O) groups excluding carboxylic acids is 1. The van der Waals surface area contributed by atoms with Gasteiger partial charge in [0.15, 0.2) is 0 Å². The fourth-order valence-electron chi connectivity index (χ4n) is 2.34. The van der Waals surface area contributed by atoms with E-state index >= 15 is 0 Å². The second-order valence-electron chi connectivity index (χ2n) is 5.01. The molecule has 0 aromatic heterocycles. The predicted molar refractivity (Wildman–Crippen MR) is 77.5 cm³/mol. The standard InChI is InChI=1S/C17H17F2NO/c1-12(14-3-7-16(18)8-4-14)20(11-21)13(2)15-5-9-17(19)10-6-15/h3-13H,1-2H3/t12-,13-/m1/s1. The molecule has 2 atom stereocenters. The second-order valence-corrected chi connectivity index (χ2v) is 5.01. The lowest BCUT2D eigenvalue weighted by atomic mass is 10.0. The second kappa shape index (κ2) is 6.48. The third kappa shape index (κ3) is 3.45. The fourth-order valence-corrected chi connectivity index (χ4v) is 2.34. The van der Waals surface area contributed by atoms with Crippen molar-refractivity contribution >= 4 is 6.41 Å². The van der Waals surface area contributed by atoms with Crippen LogP contribution >= 0.6 is 0 Å². The van der Waals surface area contributed by atoms with E-state index in [1.807, 2.05) is 13.8 Å². The van der Waals surface area contributed by atoms with Crippen LogP contribution in [0.2, 0.25) is 0 Å². The molecule has 0 spiro atoms. The van der Waals surface area contributed by atoms with Crippen LogP contribution in [-0.4, -0.2) is 11.3 Å². The fraction of sp³-hybridized carbons (Fsp3) is 0.235. The van der Waals surface area contributed by atoms with E-state index in [-0.39, 0.29) is 23.7 Å². The third-order valence-electron chi connectivity index (χ3n) is 3.72. The molecule has 110 valence electrons. The first-order chi connectivity index (χ1) is 10.0. The summed E-state index contributed by atoms with van der Waals surface area (Å²) < 4.78 is 26.0. The first-order valence-corrected chi connectivity index (χ1v) is 6.76. The summed E-state index contributed by atoms with van der Waals surface area (Å²) in [5.41, 5.74) is 1.69. The minimum atomic E-state index is -0.310. The highest BCUT2D eigenvalue weighted by Crippen LogP contribution is 2.28. The van der Waals surface area contributed by atoms with Crippen LogP contribution in [0.3, 0.4) is 0 Å². The monoisotopic (exact) mass is 289 g/mol. The van der Waals surface area contributed by atoms with E-state index in [0.717, 1.165) is 17.5 Å². The predicted octanol–water partition coefficient (Wildman–Crippen LogP) is 4.25. The molecule has 21 heavy (non-hydrogen) atoms. The summed E-state index contributed by atoms with van der Waals surface area (Å²) in [7, 11) is 0. The van der Waals surface area contributed by atoms with E-state index < -0.39 is 0 Å². The zero-order valence-electron chi connectivity index (χ0n) is 12.0. The van der Waals surface area contributed by atoms with Gasteiger partial charge in [0.25, 0.3) is 0 Å². The molecule has 0 fully saturated rings. The maximum Gasteiger partial charge on any atom is 0.210 e. The number of rotatable bonds is 5. The smallest absolute Gasteiger partial charge is 0.210 e. The zero-order chi connectivity index (χ0) is 15.4. The van der Waals surface area contributed by atoms with Gasteiger partial charge >= 0.3 is 0 Å². The van der Waals surface area contributed by atoms with E-state index in [1.54, 1.807) is 29.2 Å². The van der Waals surface area contributed by atoms with Gasteiger partial charge in [-0.25, -0.2) is 8.78 Å². The molecule has 2 aromatic rings. The number of amides is 1. The summed E-state index contributed by atoms with van der Waals surface area (Å²) in [5.74, 6) is -0.620. The van der Waals surface area contributed by atoms with Crippen molar-refractivity contribution in [3.8, 4) is 0 Å². The molecule has 0 N–H and O–H groups in total. The maximum absolute atomic E-state index is 13.0. The average molecular weight is 289 g/mol. The lowest BCUT2D eigenvalue weighted by Gasteiger charge is -2.31. The first kappa shape index (κ1) is 15.2. The van der Waals surface area contributed by atoms with Gasteiger partial charge in [-0.05, 0) is 49.2 Å². The van der Waals surface area contributed by atoms with Crippen LogP contribution in [0, 0.1) is 11.6 Å². The quantitative estimate of drug-likeness (QED) is 0.754. The van der Waals surface area contributed by atoms with Crippen molar-refractivity contribution in [1.29, 1.82) is 0 Å². The summed E-state index contributed by atoms with van der Waals surface area (Å²) in [5, 5.41) is 0. The normalized spacial score (nSPS) is 13.5. The highest BCUT2D eigenvalue weighted by Gasteiger charge is 2.21. The molecule has 2 rings (SSSR count). The van der Waals surface area contributed by atoms with Gasteiger partial charge in [0.05, 0.1) is 12.1 Å². The van der Waals surface area contributed by atoms with E-state index in [4.69, 9.17) is 0 Å². The topological polar surface area (TPSA) is 20.3 Å². The molecule has 2 aromatic carbocycles. The van der Waals surface area contributed by atoms with Gasteiger partial charge in [0, 0.05) is 0 Å². The molecule has 0 unspecified atom stereocenters. The maximum atomic E-state index is 13.0. The molecular formula is C17H17F2NO. The van der Waals surface area contributed by atoms with Gasteiger partial charge in [-0.1, -0.05) is 24.3 Å². The molecule has 0 saturated carbocycles. The summed E-state index contributed by atoms with van der Waals surface area (Å²) in [6, 6.07) is 11.7. The number of nitrogens with zero attached hydrogens (tertiary/aromatic N) is 1. The zero-order valence-corrected chi connectivity index (χ0v) is 12.0. The number of hydrogen-bond donors (Lipinski definition) is 0. The van der Waals surface area contributed by atoms with Crippen LogP contribution < -0.4 is 0 Å². The van der Waals surface area contributed by atoms with Crippen LogP contribution in [0.15, 0.2) is 48.5 Å². The van der Waals surface area contributed by atoms with Crippen molar-refractivity contribution in [3.05, 3.63) is 71.3 Å². The van der Waals surface area contributed by atoms with Gasteiger partial charge in [0.1, 0.15) is 11.6 Å². The Morgan fingerprint density at radius 1 is 0.810 bits per heavy atom. The van der Waals surface area contributed by atoms with E-state index in [9.17, 15) is 13.6 Å². The highest BCUT2D eigenvalue weighted by molar-refractivity contribution is 5.50. The van der Waals surface area contributed by atoms with Crippen molar-refractivity contribution in [1.82, 2.24) is 4.90 Å². The SMILES string of the molecule is C[C@H](c1ccc(F)cc1)N(C=O)[C@H](C)c1ccc(F)cc1. The summed E-state index contributed by atoms with van der Waals surface area (Å²) in [6.07, 6.45) is 0.766. The average Bonchev–Trinajstić information content (AvgIpc) is 2.49. The lowest BCUT2D eigenvalue weighted by Crippen LogP contribution is -2.28. The molecule has 0 aliphatic carbocycles. The number of carbonyl (C=O) groups is 1. The van der Waals surface area contributed by atoms with Gasteiger partial charge in [-0.2, -0.15) is 0 Å². The number of benzene rings is 2. The molecule has 0 bridgehead atoms. The molecule has 0 heterocycles. The molecule has 1 amide bonds. The number of hydrogen-bond acceptors (Lipinski definition) is 1. The van der Waals surface area contributed by atoms with E-state index in [2.05, 4.69) is 0 Å². The van der Waals surface area contributed by atoms with E-state index in [0.29, 0.717) is 0 Å². The summed E-state index contributed by atoms with van der Waals surface area (Å²) in [4.78, 5) is 13.1. The van der Waals surface area contributed by atoms with Crippen molar-refractivity contribution in [2.75, 3.05) is 0 Å². The van der Waals surface area contributed by atoms with Crippen LogP contribution in [0.25, 0.3) is 0 Å². The summed E-state index contributed by atoms with van der Waals surface area (Å²) in [6.45, 7) is 3.75. The molecule has 0 aliphatic rings. The van der Waals surface area contributed by atoms with Crippen molar-refractivity contribution in [3.63, 3.8) is 0 Å². The Bertz CT molecular complexity index is 544. The molecule has 0 aliphatic heterocycles. The van der Waals surface area contributed by atoms with Crippen LogP contribution in [0.4, 0.5) is 8.78 Å². The number of halogens is 2. The van der Waals surface area contributed by atoms with Crippen molar-refractivity contribution < 1.29 is 13.6 Å². The largest absolute Gasteiger partial charge is 0.332 e. The molecule has 0 radical (unpaired) electrons. The molecular weight excluding hydrogens is 272 g/mol. The lowest BCUT2D eigenvalue weighted by molar-refractivity contribution is -0.122. The third-order valence-corrected chi connectivity index (χ3v) is 3.72. The Balaban J connectivity index is 2.23. The molecule has 4 heteroatoms. The Morgan fingerprint density at radius 2 is 1.14 bits per heavy atom. The van der Waals surface area contributed by atoms with Crippen LogP contribution in [0.1, 0.15) is 37.1 Å². The van der Waals surface area contributed by atoms with Gasteiger partial charge < -0.3 is 4.90 Å². The van der Waals surface area contributed by atoms with Gasteiger partial charge in [0.2, 0.25) is 6.41 Å². The molecule has 2 nitrogen and oxygen atoms in total. The van der Waals surface area contributed by atoms with Gasteiger partial charge in [-0.3, -0.25) is 4.79 Å². The Labute approximate surface area is 123 Å².